The number of carbonyl (C=O) groups is 2. The largest absolute Gasteiger partial charge is 0.480 e. The number of nitrogens with one attached hydrogen (secondary N) is 1. The second-order valence-electron chi connectivity index (χ2n) is 4.78. The molecule has 1 aliphatic rings. The van der Waals surface area contributed by atoms with Crippen LogP contribution in [0.4, 0.5) is 0 Å². The summed E-state index contributed by atoms with van der Waals surface area (Å²) >= 11 is 0. The van der Waals surface area contributed by atoms with Crippen molar-refractivity contribution in [3.8, 4) is 0 Å². The molecule has 0 saturated heterocycles. The fourth-order valence-electron chi connectivity index (χ4n) is 2.42. The van der Waals surface area contributed by atoms with E-state index in [1.165, 1.54) is 6.08 Å². The summed E-state index contributed by atoms with van der Waals surface area (Å²) in [7, 11) is 0. The van der Waals surface area contributed by atoms with Gasteiger partial charge in [0.05, 0.1) is 0 Å². The fraction of sp³-hybridized carbons (Fsp3) is 0.692. The summed E-state index contributed by atoms with van der Waals surface area (Å²) in [6.07, 6.45) is 5.55. The summed E-state index contributed by atoms with van der Waals surface area (Å²) in [5.41, 5.74) is -1.05. The number of amides is 1. The summed E-state index contributed by atoms with van der Waals surface area (Å²) < 4.78 is 0. The maximum Gasteiger partial charge on any atom is 0.329 e. The van der Waals surface area contributed by atoms with Crippen molar-refractivity contribution < 1.29 is 14.7 Å². The fourth-order valence-corrected chi connectivity index (χ4v) is 2.42. The Labute approximate surface area is 102 Å². The van der Waals surface area contributed by atoms with Crippen LogP contribution in [0.1, 0.15) is 45.4 Å². The molecule has 0 aromatic rings. The predicted octanol–water partition coefficient (Wildman–Crippen LogP) is 2.10. The average molecular weight is 239 g/mol. The van der Waals surface area contributed by atoms with Gasteiger partial charge in [0.15, 0.2) is 0 Å². The van der Waals surface area contributed by atoms with Gasteiger partial charge in [-0.3, -0.25) is 4.79 Å². The quantitative estimate of drug-likeness (QED) is 0.722. The Balaban J connectivity index is 2.68. The molecular formula is C13H21NO3. The smallest absolute Gasteiger partial charge is 0.329 e. The van der Waals surface area contributed by atoms with Crippen molar-refractivity contribution in [3.63, 3.8) is 0 Å². The van der Waals surface area contributed by atoms with Gasteiger partial charge in [-0.25, -0.2) is 4.79 Å². The summed E-state index contributed by atoms with van der Waals surface area (Å²) in [5.74, 6) is -0.569. The lowest BCUT2D eigenvalue weighted by Crippen LogP contribution is -2.56. The molecule has 0 unspecified atom stereocenters. The zero-order chi connectivity index (χ0) is 12.9. The number of hydrogen-bond acceptors (Lipinski definition) is 2. The third-order valence-electron chi connectivity index (χ3n) is 3.65. The summed E-state index contributed by atoms with van der Waals surface area (Å²) in [4.78, 5) is 22.9. The number of carboxylic acid groups (broad SMARTS) is 1. The zero-order valence-electron chi connectivity index (χ0n) is 10.4. The van der Waals surface area contributed by atoms with Crippen LogP contribution in [0.5, 0.6) is 0 Å². The van der Waals surface area contributed by atoms with Crippen LogP contribution in [0.15, 0.2) is 12.7 Å². The van der Waals surface area contributed by atoms with Gasteiger partial charge in [0.25, 0.3) is 0 Å². The molecule has 0 aliphatic heterocycles. The SMILES string of the molecule is C=CCC(=O)NC1(C(=O)O)CCC(CC)CC1. The first-order valence-electron chi connectivity index (χ1n) is 6.19. The molecule has 0 aromatic carbocycles. The Bertz CT molecular complexity index is 304. The van der Waals surface area contributed by atoms with E-state index in [0.29, 0.717) is 18.8 Å². The topological polar surface area (TPSA) is 66.4 Å². The minimum atomic E-state index is -1.05. The first-order chi connectivity index (χ1) is 8.04. The van der Waals surface area contributed by atoms with Crippen molar-refractivity contribution in [2.24, 2.45) is 5.92 Å². The van der Waals surface area contributed by atoms with Gasteiger partial charge >= 0.3 is 5.97 Å². The highest BCUT2D eigenvalue weighted by atomic mass is 16.4. The van der Waals surface area contributed by atoms with Gasteiger partial charge in [0.1, 0.15) is 5.54 Å². The van der Waals surface area contributed by atoms with E-state index in [4.69, 9.17) is 0 Å². The molecule has 0 atom stereocenters. The predicted molar refractivity (Wildman–Crippen MR) is 65.6 cm³/mol. The molecule has 0 heterocycles. The van der Waals surface area contributed by atoms with E-state index >= 15 is 0 Å². The minimum Gasteiger partial charge on any atom is -0.480 e. The van der Waals surface area contributed by atoms with Crippen LogP contribution in [-0.4, -0.2) is 22.5 Å². The molecule has 0 bridgehead atoms. The van der Waals surface area contributed by atoms with Crippen molar-refractivity contribution in [1.82, 2.24) is 5.32 Å². The standard InChI is InChI=1S/C13H21NO3/c1-3-5-11(15)14-13(12(16)17)8-6-10(4-2)7-9-13/h3,10H,1,4-9H2,2H3,(H,14,15)(H,16,17). The molecule has 2 N–H and O–H groups in total. The van der Waals surface area contributed by atoms with Crippen LogP contribution in [0.25, 0.3) is 0 Å². The molecule has 1 fully saturated rings. The molecule has 0 radical (unpaired) electrons. The van der Waals surface area contributed by atoms with Crippen molar-refractivity contribution in [2.45, 2.75) is 51.0 Å². The third kappa shape index (κ3) is 3.32. The molecule has 0 spiro atoms. The Kier molecular flexibility index (Phi) is 4.73. The summed E-state index contributed by atoms with van der Waals surface area (Å²) in [6.45, 7) is 5.60. The van der Waals surface area contributed by atoms with Gasteiger partial charge < -0.3 is 10.4 Å². The maximum absolute atomic E-state index is 11.5. The van der Waals surface area contributed by atoms with Gasteiger partial charge in [0, 0.05) is 6.42 Å². The lowest BCUT2D eigenvalue weighted by molar-refractivity contribution is -0.149. The average Bonchev–Trinajstić information content (AvgIpc) is 2.30. The van der Waals surface area contributed by atoms with Crippen LogP contribution < -0.4 is 5.32 Å². The van der Waals surface area contributed by atoms with E-state index in [1.807, 2.05) is 0 Å². The van der Waals surface area contributed by atoms with E-state index in [9.17, 15) is 14.7 Å². The highest BCUT2D eigenvalue weighted by molar-refractivity contribution is 5.87. The first-order valence-corrected chi connectivity index (χ1v) is 6.19. The summed E-state index contributed by atoms with van der Waals surface area (Å²) in [5, 5.41) is 12.0. The van der Waals surface area contributed by atoms with Gasteiger partial charge in [-0.15, -0.1) is 6.58 Å². The Hall–Kier alpha value is -1.32. The van der Waals surface area contributed by atoms with Crippen LogP contribution in [-0.2, 0) is 9.59 Å². The highest BCUT2D eigenvalue weighted by Gasteiger charge is 2.42. The molecule has 1 aliphatic carbocycles. The van der Waals surface area contributed by atoms with Crippen LogP contribution in [0, 0.1) is 5.92 Å². The molecule has 1 amide bonds. The van der Waals surface area contributed by atoms with Crippen LogP contribution in [0.3, 0.4) is 0 Å². The van der Waals surface area contributed by atoms with Crippen molar-refractivity contribution in [2.75, 3.05) is 0 Å². The number of hydrogen-bond donors (Lipinski definition) is 2. The van der Waals surface area contributed by atoms with E-state index in [2.05, 4.69) is 18.8 Å². The minimum absolute atomic E-state index is 0.173. The Morgan fingerprint density at radius 3 is 2.47 bits per heavy atom. The second-order valence-corrected chi connectivity index (χ2v) is 4.78. The van der Waals surface area contributed by atoms with Crippen LogP contribution >= 0.6 is 0 Å². The van der Waals surface area contributed by atoms with E-state index in [-0.39, 0.29) is 12.3 Å². The van der Waals surface area contributed by atoms with E-state index < -0.39 is 11.5 Å². The molecule has 17 heavy (non-hydrogen) atoms. The molecule has 0 aromatic heterocycles. The van der Waals surface area contributed by atoms with E-state index in [1.54, 1.807) is 0 Å². The van der Waals surface area contributed by atoms with Gasteiger partial charge in [-0.05, 0) is 31.6 Å². The van der Waals surface area contributed by atoms with Crippen LogP contribution in [0.2, 0.25) is 0 Å². The molecule has 4 nitrogen and oxygen atoms in total. The van der Waals surface area contributed by atoms with Crippen molar-refractivity contribution in [3.05, 3.63) is 12.7 Å². The highest BCUT2D eigenvalue weighted by Crippen LogP contribution is 2.34. The summed E-state index contributed by atoms with van der Waals surface area (Å²) in [6, 6.07) is 0. The Morgan fingerprint density at radius 2 is 2.06 bits per heavy atom. The first kappa shape index (κ1) is 13.7. The molecule has 1 rings (SSSR count). The van der Waals surface area contributed by atoms with Gasteiger partial charge in [-0.2, -0.15) is 0 Å². The second kappa shape index (κ2) is 5.84. The van der Waals surface area contributed by atoms with Crippen molar-refractivity contribution in [1.29, 1.82) is 0 Å². The lowest BCUT2D eigenvalue weighted by atomic mass is 9.75. The molecule has 96 valence electrons. The molecule has 1 saturated carbocycles. The van der Waals surface area contributed by atoms with Gasteiger partial charge in [0.2, 0.25) is 5.91 Å². The normalized spacial score (nSPS) is 28.4. The lowest BCUT2D eigenvalue weighted by Gasteiger charge is -2.37. The molecular weight excluding hydrogens is 218 g/mol. The van der Waals surface area contributed by atoms with Crippen molar-refractivity contribution >= 4 is 11.9 Å². The number of rotatable bonds is 5. The molecule has 4 heteroatoms. The van der Waals surface area contributed by atoms with Gasteiger partial charge in [-0.1, -0.05) is 19.4 Å². The number of carbonyl (C=O) groups excluding carboxylic acids is 1. The Morgan fingerprint density at radius 1 is 1.47 bits per heavy atom. The number of carboxylic acids is 1. The monoisotopic (exact) mass is 239 g/mol. The maximum atomic E-state index is 11.5. The number of aliphatic carboxylic acids is 1. The third-order valence-corrected chi connectivity index (χ3v) is 3.65. The zero-order valence-corrected chi connectivity index (χ0v) is 10.4. The van der Waals surface area contributed by atoms with E-state index in [0.717, 1.165) is 19.3 Å².